The summed E-state index contributed by atoms with van der Waals surface area (Å²) in [6.07, 6.45) is -4.56. The number of hydrogen-bond acceptors (Lipinski definition) is 4. The van der Waals surface area contributed by atoms with E-state index < -0.39 is 18.6 Å². The van der Waals surface area contributed by atoms with Crippen LogP contribution in [-0.2, 0) is 4.79 Å². The number of amides is 1. The highest BCUT2D eigenvalue weighted by molar-refractivity contribution is 7.80. The SMILES string of the molecule is COc1ccc(NC2=C(c3ccccc3)C(=O)N(CC(F)(F)F)C2=S)cc1. The number of alkyl halides is 3. The van der Waals surface area contributed by atoms with E-state index >= 15 is 0 Å². The van der Waals surface area contributed by atoms with Crippen molar-refractivity contribution in [3.8, 4) is 5.75 Å². The predicted molar refractivity (Wildman–Crippen MR) is 100 cm³/mol. The molecule has 1 heterocycles. The molecule has 0 spiro atoms. The van der Waals surface area contributed by atoms with Crippen LogP contribution in [0, 0.1) is 0 Å². The highest BCUT2D eigenvalue weighted by Crippen LogP contribution is 2.33. The lowest BCUT2D eigenvalue weighted by Crippen LogP contribution is -2.39. The van der Waals surface area contributed by atoms with Crippen molar-refractivity contribution in [2.75, 3.05) is 19.0 Å². The van der Waals surface area contributed by atoms with Crippen LogP contribution in [0.1, 0.15) is 5.56 Å². The van der Waals surface area contributed by atoms with Crippen molar-refractivity contribution in [3.05, 3.63) is 65.9 Å². The lowest BCUT2D eigenvalue weighted by Gasteiger charge is -2.19. The first kappa shape index (κ1) is 18.9. The van der Waals surface area contributed by atoms with Gasteiger partial charge in [0.25, 0.3) is 5.91 Å². The summed E-state index contributed by atoms with van der Waals surface area (Å²) >= 11 is 5.19. The van der Waals surface area contributed by atoms with Crippen molar-refractivity contribution in [1.82, 2.24) is 4.90 Å². The molecule has 1 aliphatic heterocycles. The molecule has 0 saturated heterocycles. The Hall–Kier alpha value is -2.87. The van der Waals surface area contributed by atoms with Crippen LogP contribution in [0.3, 0.4) is 0 Å². The second-order valence-electron chi connectivity index (χ2n) is 5.78. The van der Waals surface area contributed by atoms with Gasteiger partial charge in [-0.25, -0.2) is 0 Å². The van der Waals surface area contributed by atoms with Gasteiger partial charge in [0.15, 0.2) is 0 Å². The Morgan fingerprint density at radius 3 is 2.26 bits per heavy atom. The van der Waals surface area contributed by atoms with Gasteiger partial charge in [-0.3, -0.25) is 9.69 Å². The van der Waals surface area contributed by atoms with E-state index in [9.17, 15) is 18.0 Å². The Morgan fingerprint density at radius 2 is 1.70 bits per heavy atom. The zero-order chi connectivity index (χ0) is 19.6. The first-order chi connectivity index (χ1) is 12.8. The molecule has 27 heavy (non-hydrogen) atoms. The topological polar surface area (TPSA) is 41.6 Å². The molecule has 4 nitrogen and oxygen atoms in total. The van der Waals surface area contributed by atoms with Crippen molar-refractivity contribution in [2.45, 2.75) is 6.18 Å². The van der Waals surface area contributed by atoms with Gasteiger partial charge >= 0.3 is 6.18 Å². The summed E-state index contributed by atoms with van der Waals surface area (Å²) in [6.45, 7) is -1.44. The lowest BCUT2D eigenvalue weighted by atomic mass is 10.0. The molecule has 3 rings (SSSR count). The van der Waals surface area contributed by atoms with Crippen LogP contribution < -0.4 is 10.1 Å². The molecule has 2 aromatic carbocycles. The zero-order valence-corrected chi connectivity index (χ0v) is 15.0. The minimum absolute atomic E-state index is 0.112. The molecule has 0 aromatic heterocycles. The first-order valence-corrected chi connectivity index (χ1v) is 8.34. The first-order valence-electron chi connectivity index (χ1n) is 7.94. The van der Waals surface area contributed by atoms with Gasteiger partial charge in [0.1, 0.15) is 17.3 Å². The summed E-state index contributed by atoms with van der Waals surface area (Å²) in [7, 11) is 1.53. The zero-order valence-electron chi connectivity index (χ0n) is 14.2. The van der Waals surface area contributed by atoms with Crippen LogP contribution in [-0.4, -0.2) is 35.6 Å². The Kier molecular flexibility index (Phi) is 5.18. The third kappa shape index (κ3) is 4.11. The average Bonchev–Trinajstić information content (AvgIpc) is 2.86. The van der Waals surface area contributed by atoms with E-state index in [4.69, 9.17) is 17.0 Å². The third-order valence-corrected chi connectivity index (χ3v) is 4.35. The van der Waals surface area contributed by atoms with Gasteiger partial charge in [0, 0.05) is 5.69 Å². The Morgan fingerprint density at radius 1 is 1.07 bits per heavy atom. The second kappa shape index (κ2) is 7.40. The Bertz CT molecular complexity index is 893. The summed E-state index contributed by atoms with van der Waals surface area (Å²) < 4.78 is 43.8. The molecule has 0 saturated carbocycles. The van der Waals surface area contributed by atoms with Crippen molar-refractivity contribution in [2.24, 2.45) is 0 Å². The van der Waals surface area contributed by atoms with Gasteiger partial charge in [-0.1, -0.05) is 42.5 Å². The Labute approximate surface area is 159 Å². The largest absolute Gasteiger partial charge is 0.497 e. The van der Waals surface area contributed by atoms with Crippen LogP contribution in [0.2, 0.25) is 0 Å². The molecule has 140 valence electrons. The number of carbonyl (C=O) groups is 1. The summed E-state index contributed by atoms with van der Waals surface area (Å²) in [4.78, 5) is 13.1. The number of carbonyl (C=O) groups excluding carboxylic acids is 1. The van der Waals surface area contributed by atoms with Gasteiger partial charge in [-0.05, 0) is 29.8 Å². The number of benzene rings is 2. The van der Waals surface area contributed by atoms with E-state index in [1.54, 1.807) is 54.6 Å². The fraction of sp³-hybridized carbons (Fsp3) is 0.158. The summed E-state index contributed by atoms with van der Waals surface area (Å²) in [6, 6.07) is 15.2. The van der Waals surface area contributed by atoms with Crippen LogP contribution >= 0.6 is 12.2 Å². The van der Waals surface area contributed by atoms with Gasteiger partial charge < -0.3 is 10.1 Å². The third-order valence-electron chi connectivity index (χ3n) is 3.93. The monoisotopic (exact) mass is 392 g/mol. The molecule has 0 aliphatic carbocycles. The normalized spacial score (nSPS) is 14.7. The van der Waals surface area contributed by atoms with E-state index in [-0.39, 0.29) is 16.3 Å². The van der Waals surface area contributed by atoms with Gasteiger partial charge in [0.05, 0.1) is 18.4 Å². The maximum Gasteiger partial charge on any atom is 0.406 e. The molecular formula is C19H15F3N2O2S. The molecule has 0 radical (unpaired) electrons. The van der Waals surface area contributed by atoms with Crippen LogP contribution in [0.25, 0.3) is 5.57 Å². The lowest BCUT2D eigenvalue weighted by molar-refractivity contribution is -0.148. The predicted octanol–water partition coefficient (Wildman–Crippen LogP) is 4.25. The van der Waals surface area contributed by atoms with Gasteiger partial charge in [0.2, 0.25) is 0 Å². The number of nitrogens with zero attached hydrogens (tertiary/aromatic N) is 1. The minimum Gasteiger partial charge on any atom is -0.497 e. The van der Waals surface area contributed by atoms with E-state index in [1.165, 1.54) is 7.11 Å². The standard InChI is InChI=1S/C19H15F3N2O2S/c1-26-14-9-7-13(8-10-14)23-16-15(12-5-3-2-4-6-12)17(25)24(18(16)27)11-19(20,21)22/h2-10,23H,11H2,1H3. The fourth-order valence-electron chi connectivity index (χ4n) is 2.71. The van der Waals surface area contributed by atoms with Crippen LogP contribution in [0.15, 0.2) is 60.3 Å². The summed E-state index contributed by atoms with van der Waals surface area (Å²) in [5.41, 5.74) is 1.35. The number of hydrogen-bond donors (Lipinski definition) is 1. The van der Waals surface area contributed by atoms with Gasteiger partial charge in [-0.15, -0.1) is 0 Å². The molecule has 0 atom stereocenters. The number of nitrogens with one attached hydrogen (secondary N) is 1. The van der Waals surface area contributed by atoms with Crippen molar-refractivity contribution in [1.29, 1.82) is 0 Å². The Balaban J connectivity index is 2.01. The van der Waals surface area contributed by atoms with Crippen molar-refractivity contribution >= 4 is 34.4 Å². The molecule has 8 heteroatoms. The van der Waals surface area contributed by atoms with Crippen molar-refractivity contribution in [3.63, 3.8) is 0 Å². The van der Waals surface area contributed by atoms with Crippen LogP contribution in [0.4, 0.5) is 18.9 Å². The number of thiocarbonyl (C=S) groups is 1. The number of halogens is 3. The number of methoxy groups -OCH3 is 1. The molecule has 0 fully saturated rings. The number of rotatable bonds is 5. The fourth-order valence-corrected chi connectivity index (χ4v) is 3.01. The molecule has 1 amide bonds. The maximum atomic E-state index is 12.9. The number of anilines is 1. The van der Waals surface area contributed by atoms with Gasteiger partial charge in [-0.2, -0.15) is 13.2 Å². The summed E-state index contributed by atoms with van der Waals surface area (Å²) in [5.74, 6) is -0.152. The van der Waals surface area contributed by atoms with Crippen LogP contribution in [0.5, 0.6) is 5.75 Å². The van der Waals surface area contributed by atoms with E-state index in [0.717, 1.165) is 0 Å². The maximum absolute atomic E-state index is 12.9. The molecular weight excluding hydrogens is 377 g/mol. The molecule has 2 aromatic rings. The van der Waals surface area contributed by atoms with E-state index in [2.05, 4.69) is 5.32 Å². The molecule has 0 unspecified atom stereocenters. The minimum atomic E-state index is -4.56. The quantitative estimate of drug-likeness (QED) is 0.773. The summed E-state index contributed by atoms with van der Waals surface area (Å²) in [5, 5.41) is 2.99. The number of ether oxygens (including phenoxy) is 1. The highest BCUT2D eigenvalue weighted by atomic mass is 32.1. The smallest absolute Gasteiger partial charge is 0.406 e. The average molecular weight is 392 g/mol. The van der Waals surface area contributed by atoms with E-state index in [1.807, 2.05) is 0 Å². The molecule has 1 N–H and O–H groups in total. The van der Waals surface area contributed by atoms with E-state index in [0.29, 0.717) is 21.9 Å². The second-order valence-corrected chi connectivity index (χ2v) is 6.17. The highest BCUT2D eigenvalue weighted by Gasteiger charge is 2.42. The van der Waals surface area contributed by atoms with Crippen molar-refractivity contribution < 1.29 is 22.7 Å². The molecule has 0 bridgehead atoms. The molecule has 1 aliphatic rings.